The standard InChI is InChI=1S/C21H22ClN3O3/c22-18-6-2-4-8-20(18)27-14-13-24-9-11-25(12-10-24)21(26)16-28-19-7-3-1-5-17(19)15-23/h1-8H,9-14,16H2. The molecule has 1 saturated heterocycles. The molecule has 1 amide bonds. The summed E-state index contributed by atoms with van der Waals surface area (Å²) in [4.78, 5) is 16.4. The van der Waals surface area contributed by atoms with E-state index < -0.39 is 0 Å². The zero-order valence-corrected chi connectivity index (χ0v) is 16.3. The van der Waals surface area contributed by atoms with Gasteiger partial charge in [-0.2, -0.15) is 5.26 Å². The zero-order chi connectivity index (χ0) is 19.8. The lowest BCUT2D eigenvalue weighted by atomic mass is 10.2. The van der Waals surface area contributed by atoms with Gasteiger partial charge in [-0.1, -0.05) is 35.9 Å². The highest BCUT2D eigenvalue weighted by Gasteiger charge is 2.21. The van der Waals surface area contributed by atoms with Crippen LogP contribution in [0.3, 0.4) is 0 Å². The van der Waals surface area contributed by atoms with Gasteiger partial charge >= 0.3 is 0 Å². The van der Waals surface area contributed by atoms with Gasteiger partial charge in [-0.05, 0) is 24.3 Å². The largest absolute Gasteiger partial charge is 0.491 e. The highest BCUT2D eigenvalue weighted by Crippen LogP contribution is 2.23. The maximum absolute atomic E-state index is 12.4. The lowest BCUT2D eigenvalue weighted by Crippen LogP contribution is -2.50. The number of benzene rings is 2. The monoisotopic (exact) mass is 399 g/mol. The number of piperazine rings is 1. The summed E-state index contributed by atoms with van der Waals surface area (Å²) in [6, 6.07) is 16.4. The Morgan fingerprint density at radius 2 is 1.68 bits per heavy atom. The van der Waals surface area contributed by atoms with E-state index in [-0.39, 0.29) is 12.5 Å². The van der Waals surface area contributed by atoms with Gasteiger partial charge in [0.25, 0.3) is 5.91 Å². The Balaban J connectivity index is 1.38. The van der Waals surface area contributed by atoms with Crippen LogP contribution in [0.1, 0.15) is 5.56 Å². The molecule has 0 spiro atoms. The van der Waals surface area contributed by atoms with E-state index in [2.05, 4.69) is 11.0 Å². The van der Waals surface area contributed by atoms with Gasteiger partial charge in [-0.3, -0.25) is 9.69 Å². The van der Waals surface area contributed by atoms with E-state index in [1.807, 2.05) is 18.2 Å². The van der Waals surface area contributed by atoms with E-state index in [1.165, 1.54) is 0 Å². The SMILES string of the molecule is N#Cc1ccccc1OCC(=O)N1CCN(CCOc2ccccc2Cl)CC1. The third-order valence-electron chi connectivity index (χ3n) is 4.59. The molecular weight excluding hydrogens is 378 g/mol. The fourth-order valence-electron chi connectivity index (χ4n) is 2.98. The number of ether oxygens (including phenoxy) is 2. The Hall–Kier alpha value is -2.75. The van der Waals surface area contributed by atoms with E-state index in [1.54, 1.807) is 35.2 Å². The molecule has 0 radical (unpaired) electrons. The number of nitrogens with zero attached hydrogens (tertiary/aromatic N) is 3. The fraction of sp³-hybridized carbons (Fsp3) is 0.333. The molecule has 1 fully saturated rings. The van der Waals surface area contributed by atoms with Crippen molar-refractivity contribution in [3.05, 3.63) is 59.1 Å². The lowest BCUT2D eigenvalue weighted by molar-refractivity contribution is -0.135. The Morgan fingerprint density at radius 1 is 1.00 bits per heavy atom. The summed E-state index contributed by atoms with van der Waals surface area (Å²) in [7, 11) is 0. The number of nitriles is 1. The molecular formula is C21H22ClN3O3. The van der Waals surface area contributed by atoms with Crippen LogP contribution in [0.5, 0.6) is 11.5 Å². The summed E-state index contributed by atoms with van der Waals surface area (Å²) in [6.07, 6.45) is 0. The van der Waals surface area contributed by atoms with Gasteiger partial charge in [0.1, 0.15) is 24.2 Å². The first-order chi connectivity index (χ1) is 13.7. The van der Waals surface area contributed by atoms with E-state index in [0.29, 0.717) is 41.8 Å². The van der Waals surface area contributed by atoms with E-state index >= 15 is 0 Å². The minimum absolute atomic E-state index is 0.0612. The second kappa shape index (κ2) is 9.98. The summed E-state index contributed by atoms with van der Waals surface area (Å²) in [6.45, 7) is 4.13. The van der Waals surface area contributed by atoms with Crippen LogP contribution in [0.2, 0.25) is 5.02 Å². The third-order valence-corrected chi connectivity index (χ3v) is 4.90. The molecule has 3 rings (SSSR count). The van der Waals surface area contributed by atoms with Crippen LogP contribution >= 0.6 is 11.6 Å². The highest BCUT2D eigenvalue weighted by molar-refractivity contribution is 6.32. The molecule has 0 atom stereocenters. The van der Waals surface area contributed by atoms with Crippen molar-refractivity contribution >= 4 is 17.5 Å². The quantitative estimate of drug-likeness (QED) is 0.716. The number of carbonyl (C=O) groups is 1. The molecule has 0 unspecified atom stereocenters. The van der Waals surface area contributed by atoms with Crippen molar-refractivity contribution in [2.45, 2.75) is 0 Å². The minimum atomic E-state index is -0.0697. The number of carbonyl (C=O) groups excluding carboxylic acids is 1. The molecule has 7 heteroatoms. The van der Waals surface area contributed by atoms with Gasteiger partial charge in [-0.25, -0.2) is 0 Å². The first-order valence-corrected chi connectivity index (χ1v) is 9.54. The molecule has 146 valence electrons. The summed E-state index contributed by atoms with van der Waals surface area (Å²) in [5, 5.41) is 9.68. The minimum Gasteiger partial charge on any atom is -0.491 e. The van der Waals surface area contributed by atoms with Crippen molar-refractivity contribution in [1.29, 1.82) is 5.26 Å². The second-order valence-electron chi connectivity index (χ2n) is 6.40. The normalized spacial score (nSPS) is 14.4. The van der Waals surface area contributed by atoms with Gasteiger partial charge in [-0.15, -0.1) is 0 Å². The van der Waals surface area contributed by atoms with Gasteiger partial charge < -0.3 is 14.4 Å². The maximum Gasteiger partial charge on any atom is 0.260 e. The molecule has 1 heterocycles. The van der Waals surface area contributed by atoms with Crippen LogP contribution in [-0.2, 0) is 4.79 Å². The third kappa shape index (κ3) is 5.38. The summed E-state index contributed by atoms with van der Waals surface area (Å²) in [5.74, 6) is 1.06. The van der Waals surface area contributed by atoms with Crippen molar-refractivity contribution in [2.75, 3.05) is 45.9 Å². The number of amides is 1. The Kier molecular flexibility index (Phi) is 7.12. The number of hydrogen-bond acceptors (Lipinski definition) is 5. The van der Waals surface area contributed by atoms with Crippen LogP contribution in [0.4, 0.5) is 0 Å². The molecule has 2 aromatic carbocycles. The molecule has 0 N–H and O–H groups in total. The number of hydrogen-bond donors (Lipinski definition) is 0. The van der Waals surface area contributed by atoms with Crippen molar-refractivity contribution in [1.82, 2.24) is 9.80 Å². The molecule has 28 heavy (non-hydrogen) atoms. The van der Waals surface area contributed by atoms with Crippen LogP contribution in [-0.4, -0.2) is 61.6 Å². The predicted octanol–water partition coefficient (Wildman–Crippen LogP) is 2.81. The Labute approximate surface area is 169 Å². The molecule has 0 saturated carbocycles. The Bertz CT molecular complexity index is 845. The van der Waals surface area contributed by atoms with Crippen molar-refractivity contribution < 1.29 is 14.3 Å². The number of rotatable bonds is 7. The van der Waals surface area contributed by atoms with E-state index in [0.717, 1.165) is 19.6 Å². The molecule has 6 nitrogen and oxygen atoms in total. The van der Waals surface area contributed by atoms with Crippen LogP contribution in [0.15, 0.2) is 48.5 Å². The first-order valence-electron chi connectivity index (χ1n) is 9.17. The van der Waals surface area contributed by atoms with Crippen molar-refractivity contribution in [2.24, 2.45) is 0 Å². The van der Waals surface area contributed by atoms with Gasteiger partial charge in [0, 0.05) is 32.7 Å². The summed E-state index contributed by atoms with van der Waals surface area (Å²) >= 11 is 6.08. The molecule has 2 aromatic rings. The van der Waals surface area contributed by atoms with E-state index in [4.69, 9.17) is 26.3 Å². The summed E-state index contributed by atoms with van der Waals surface area (Å²) < 4.78 is 11.3. The Morgan fingerprint density at radius 3 is 2.39 bits per heavy atom. The van der Waals surface area contributed by atoms with Crippen LogP contribution in [0, 0.1) is 11.3 Å². The maximum atomic E-state index is 12.4. The zero-order valence-electron chi connectivity index (χ0n) is 15.5. The highest BCUT2D eigenvalue weighted by atomic mass is 35.5. The molecule has 1 aliphatic heterocycles. The average molecular weight is 400 g/mol. The van der Waals surface area contributed by atoms with Crippen LogP contribution in [0.25, 0.3) is 0 Å². The van der Waals surface area contributed by atoms with E-state index in [9.17, 15) is 4.79 Å². The van der Waals surface area contributed by atoms with Crippen molar-refractivity contribution in [3.8, 4) is 17.6 Å². The first kappa shape index (κ1) is 20.0. The molecule has 0 bridgehead atoms. The lowest BCUT2D eigenvalue weighted by Gasteiger charge is -2.34. The second-order valence-corrected chi connectivity index (χ2v) is 6.81. The van der Waals surface area contributed by atoms with Gasteiger partial charge in [0.05, 0.1) is 10.6 Å². The summed E-state index contributed by atoms with van der Waals surface area (Å²) in [5.41, 5.74) is 0.429. The average Bonchev–Trinajstić information content (AvgIpc) is 2.74. The number of halogens is 1. The van der Waals surface area contributed by atoms with Gasteiger partial charge in [0.2, 0.25) is 0 Å². The number of para-hydroxylation sites is 2. The smallest absolute Gasteiger partial charge is 0.260 e. The van der Waals surface area contributed by atoms with Crippen molar-refractivity contribution in [3.63, 3.8) is 0 Å². The molecule has 1 aliphatic rings. The van der Waals surface area contributed by atoms with Gasteiger partial charge in [0.15, 0.2) is 6.61 Å². The topological polar surface area (TPSA) is 65.8 Å². The predicted molar refractivity (Wildman–Crippen MR) is 107 cm³/mol. The van der Waals surface area contributed by atoms with Crippen LogP contribution < -0.4 is 9.47 Å². The fourth-order valence-corrected chi connectivity index (χ4v) is 3.17. The molecule has 0 aromatic heterocycles. The molecule has 0 aliphatic carbocycles.